The molecule has 1 N–H and O–H groups in total. The van der Waals surface area contributed by atoms with Crippen molar-refractivity contribution in [2.75, 3.05) is 30.6 Å². The van der Waals surface area contributed by atoms with Gasteiger partial charge in [0, 0.05) is 19.7 Å². The van der Waals surface area contributed by atoms with Crippen molar-refractivity contribution in [1.29, 1.82) is 0 Å². The van der Waals surface area contributed by atoms with Crippen LogP contribution in [0.1, 0.15) is 25.3 Å². The van der Waals surface area contributed by atoms with Gasteiger partial charge in [-0.1, -0.05) is 17.7 Å². The maximum Gasteiger partial charge on any atom is 0.264 e. The Morgan fingerprint density at radius 3 is 2.47 bits per heavy atom. The van der Waals surface area contributed by atoms with Crippen molar-refractivity contribution in [1.82, 2.24) is 5.32 Å². The number of carbonyl (C=O) groups is 1. The second-order valence-electron chi connectivity index (χ2n) is 7.20. The molecule has 1 heterocycles. The molecule has 30 heavy (non-hydrogen) atoms. The van der Waals surface area contributed by atoms with Crippen molar-refractivity contribution >= 4 is 21.6 Å². The summed E-state index contributed by atoms with van der Waals surface area (Å²) in [6.45, 7) is 5.12. The largest absolute Gasteiger partial charge is 0.484 e. The highest BCUT2D eigenvalue weighted by Crippen LogP contribution is 2.25. The molecular formula is C22H28N2O5S. The summed E-state index contributed by atoms with van der Waals surface area (Å²) in [5.41, 5.74) is 1.53. The first-order chi connectivity index (χ1) is 14.4. The van der Waals surface area contributed by atoms with E-state index in [1.807, 2.05) is 6.92 Å². The zero-order valence-corrected chi connectivity index (χ0v) is 18.2. The van der Waals surface area contributed by atoms with Gasteiger partial charge in [-0.15, -0.1) is 0 Å². The number of hydrogen-bond acceptors (Lipinski definition) is 5. The summed E-state index contributed by atoms with van der Waals surface area (Å²) in [4.78, 5) is 12.2. The first-order valence-electron chi connectivity index (χ1n) is 10.1. The Kier molecular flexibility index (Phi) is 7.33. The van der Waals surface area contributed by atoms with E-state index in [0.29, 0.717) is 24.5 Å². The van der Waals surface area contributed by atoms with Crippen LogP contribution >= 0.6 is 0 Å². The van der Waals surface area contributed by atoms with E-state index in [4.69, 9.17) is 9.47 Å². The predicted molar refractivity (Wildman–Crippen MR) is 115 cm³/mol. The van der Waals surface area contributed by atoms with Crippen LogP contribution in [-0.4, -0.2) is 46.7 Å². The van der Waals surface area contributed by atoms with E-state index < -0.39 is 10.0 Å². The Balaban J connectivity index is 1.59. The van der Waals surface area contributed by atoms with Gasteiger partial charge in [0.25, 0.3) is 15.9 Å². The summed E-state index contributed by atoms with van der Waals surface area (Å²) in [7, 11) is -3.66. The van der Waals surface area contributed by atoms with Crippen LogP contribution in [0.5, 0.6) is 5.75 Å². The first kappa shape index (κ1) is 22.1. The molecule has 8 heteroatoms. The molecule has 1 aliphatic heterocycles. The molecule has 0 saturated carbocycles. The first-order valence-corrected chi connectivity index (χ1v) is 11.5. The van der Waals surface area contributed by atoms with E-state index in [2.05, 4.69) is 5.32 Å². The van der Waals surface area contributed by atoms with Crippen LogP contribution in [0.4, 0.5) is 5.69 Å². The molecule has 162 valence electrons. The zero-order valence-electron chi connectivity index (χ0n) is 17.3. The Morgan fingerprint density at radius 2 is 1.87 bits per heavy atom. The Labute approximate surface area is 178 Å². The lowest BCUT2D eigenvalue weighted by molar-refractivity contribution is -0.123. The van der Waals surface area contributed by atoms with Gasteiger partial charge in [0.1, 0.15) is 5.75 Å². The van der Waals surface area contributed by atoms with Crippen molar-refractivity contribution in [3.63, 3.8) is 0 Å². The van der Waals surface area contributed by atoms with Crippen molar-refractivity contribution in [2.45, 2.75) is 37.7 Å². The van der Waals surface area contributed by atoms with Crippen molar-refractivity contribution in [2.24, 2.45) is 0 Å². The van der Waals surface area contributed by atoms with Gasteiger partial charge in [-0.2, -0.15) is 0 Å². The predicted octanol–water partition coefficient (Wildman–Crippen LogP) is 2.88. The maximum atomic E-state index is 13.0. The summed E-state index contributed by atoms with van der Waals surface area (Å²) < 4.78 is 38.3. The summed E-state index contributed by atoms with van der Waals surface area (Å²) in [5.74, 6) is 0.279. The zero-order chi connectivity index (χ0) is 21.6. The molecule has 7 nitrogen and oxygen atoms in total. The number of hydrogen-bond donors (Lipinski definition) is 1. The Bertz CT molecular complexity index is 936. The molecule has 0 aromatic heterocycles. The number of carbonyl (C=O) groups excluding carboxylic acids is 1. The highest BCUT2D eigenvalue weighted by molar-refractivity contribution is 7.92. The van der Waals surface area contributed by atoms with E-state index in [0.717, 1.165) is 25.0 Å². The van der Waals surface area contributed by atoms with Gasteiger partial charge in [0.2, 0.25) is 0 Å². The van der Waals surface area contributed by atoms with E-state index in [9.17, 15) is 13.2 Å². The molecule has 0 spiro atoms. The molecule has 2 aromatic carbocycles. The molecule has 0 radical (unpaired) electrons. The lowest BCUT2D eigenvalue weighted by Crippen LogP contribution is -2.35. The maximum absolute atomic E-state index is 13.0. The SMILES string of the molecule is CCN(c1ccc(OCC(=O)NC[C@H]2CCCO2)cc1)S(=O)(=O)c1ccc(C)cc1. The van der Waals surface area contributed by atoms with Crippen molar-refractivity contribution in [3.8, 4) is 5.75 Å². The fraction of sp³-hybridized carbons (Fsp3) is 0.409. The normalized spacial score (nSPS) is 16.3. The number of nitrogens with zero attached hydrogens (tertiary/aromatic N) is 1. The molecule has 1 atom stereocenters. The standard InChI is InChI=1S/C22H28N2O5S/c1-3-24(30(26,27)21-12-6-17(2)7-13-21)18-8-10-19(11-9-18)29-16-22(25)23-15-20-5-4-14-28-20/h6-13,20H,3-5,14-16H2,1-2H3,(H,23,25)/t20-/m1/s1. The summed E-state index contributed by atoms with van der Waals surface area (Å²) >= 11 is 0. The quantitative estimate of drug-likeness (QED) is 0.659. The highest BCUT2D eigenvalue weighted by Gasteiger charge is 2.23. The number of benzene rings is 2. The highest BCUT2D eigenvalue weighted by atomic mass is 32.2. The van der Waals surface area contributed by atoms with Crippen LogP contribution in [0.25, 0.3) is 0 Å². The van der Waals surface area contributed by atoms with Crippen molar-refractivity contribution in [3.05, 3.63) is 54.1 Å². The van der Waals surface area contributed by atoms with Gasteiger partial charge in [-0.05, 0) is 63.1 Å². The molecule has 0 unspecified atom stereocenters. The molecule has 2 aromatic rings. The lowest BCUT2D eigenvalue weighted by atomic mass is 10.2. The van der Waals surface area contributed by atoms with Crippen LogP contribution in [-0.2, 0) is 19.6 Å². The minimum Gasteiger partial charge on any atom is -0.484 e. The molecule has 3 rings (SSSR count). The summed E-state index contributed by atoms with van der Waals surface area (Å²) in [6, 6.07) is 13.5. The number of ether oxygens (including phenoxy) is 2. The van der Waals surface area contributed by atoms with Crippen LogP contribution in [0.2, 0.25) is 0 Å². The monoisotopic (exact) mass is 432 g/mol. The van der Waals surface area contributed by atoms with Crippen LogP contribution in [0.15, 0.2) is 53.4 Å². The Hall–Kier alpha value is -2.58. The second kappa shape index (κ2) is 9.95. The minimum atomic E-state index is -3.66. The number of sulfonamides is 1. The van der Waals surface area contributed by atoms with E-state index in [-0.39, 0.29) is 23.5 Å². The molecule has 0 bridgehead atoms. The third kappa shape index (κ3) is 5.52. The van der Waals surface area contributed by atoms with Gasteiger partial charge in [-0.3, -0.25) is 9.10 Å². The number of aryl methyl sites for hydroxylation is 1. The second-order valence-corrected chi connectivity index (χ2v) is 9.07. The minimum absolute atomic E-state index is 0.0868. The molecule has 0 aliphatic carbocycles. The number of amides is 1. The lowest BCUT2D eigenvalue weighted by Gasteiger charge is -2.23. The van der Waals surface area contributed by atoms with Gasteiger partial charge in [-0.25, -0.2) is 8.42 Å². The van der Waals surface area contributed by atoms with Crippen molar-refractivity contribution < 1.29 is 22.7 Å². The molecule has 1 aliphatic rings. The van der Waals surface area contributed by atoms with Gasteiger partial charge in [0.15, 0.2) is 6.61 Å². The summed E-state index contributed by atoms with van der Waals surface area (Å²) in [6.07, 6.45) is 2.07. The van der Waals surface area contributed by atoms with Gasteiger partial charge >= 0.3 is 0 Å². The average molecular weight is 433 g/mol. The molecule has 1 saturated heterocycles. The van der Waals surface area contributed by atoms with Crippen LogP contribution < -0.4 is 14.4 Å². The number of nitrogens with one attached hydrogen (secondary N) is 1. The molecular weight excluding hydrogens is 404 g/mol. The Morgan fingerprint density at radius 1 is 1.17 bits per heavy atom. The molecule has 1 amide bonds. The molecule has 1 fully saturated rings. The van der Waals surface area contributed by atoms with Crippen LogP contribution in [0.3, 0.4) is 0 Å². The van der Waals surface area contributed by atoms with Gasteiger partial charge in [0.05, 0.1) is 16.7 Å². The third-order valence-corrected chi connectivity index (χ3v) is 6.86. The summed E-state index contributed by atoms with van der Waals surface area (Å²) in [5, 5.41) is 2.80. The number of anilines is 1. The smallest absolute Gasteiger partial charge is 0.264 e. The van der Waals surface area contributed by atoms with Gasteiger partial charge < -0.3 is 14.8 Å². The van der Waals surface area contributed by atoms with Crippen LogP contribution in [0, 0.1) is 6.92 Å². The fourth-order valence-electron chi connectivity index (χ4n) is 3.27. The topological polar surface area (TPSA) is 84.9 Å². The van der Waals surface area contributed by atoms with E-state index in [1.165, 1.54) is 4.31 Å². The van der Waals surface area contributed by atoms with E-state index >= 15 is 0 Å². The fourth-order valence-corrected chi connectivity index (χ4v) is 4.74. The number of rotatable bonds is 9. The van der Waals surface area contributed by atoms with E-state index in [1.54, 1.807) is 55.5 Å². The average Bonchev–Trinajstić information content (AvgIpc) is 3.26. The third-order valence-electron chi connectivity index (χ3n) is 4.94.